The van der Waals surface area contributed by atoms with Gasteiger partial charge in [-0.2, -0.15) is 0 Å². The molecule has 9 nitrogen and oxygen atoms in total. The number of likely N-dealkylation sites (tertiary alicyclic amines) is 1. The molecule has 0 radical (unpaired) electrons. The molecule has 3 aromatic rings. The number of rotatable bonds is 4. The highest BCUT2D eigenvalue weighted by Crippen LogP contribution is 2.31. The van der Waals surface area contributed by atoms with Gasteiger partial charge in [0.2, 0.25) is 0 Å². The van der Waals surface area contributed by atoms with Gasteiger partial charge in [-0.1, -0.05) is 24.3 Å². The molecule has 0 unspecified atom stereocenters. The second kappa shape index (κ2) is 11.2. The standard InChI is InChI=1S/C29H33N5O4/c1-3-38-29(37)34-16-14-33(15-17-34)27(35)24-9-8-20(2)31-26(24)21-10-12-32(13-11-21)28(36)25-18-22-6-4-5-7-23(22)19-30-25/h4-9,18-19,21H,3,10-17H2,1-2H3. The third-order valence-electron chi connectivity index (χ3n) is 7.41. The Kier molecular flexibility index (Phi) is 7.53. The van der Waals surface area contributed by atoms with E-state index in [1.165, 1.54) is 0 Å². The van der Waals surface area contributed by atoms with Crippen molar-refractivity contribution in [2.45, 2.75) is 32.6 Å². The Hall–Kier alpha value is -4.01. The van der Waals surface area contributed by atoms with Crippen LogP contribution in [-0.4, -0.2) is 88.5 Å². The third kappa shape index (κ3) is 5.32. The van der Waals surface area contributed by atoms with Crippen molar-refractivity contribution >= 4 is 28.7 Å². The van der Waals surface area contributed by atoms with Crippen LogP contribution in [0.5, 0.6) is 0 Å². The Morgan fingerprint density at radius 1 is 0.868 bits per heavy atom. The summed E-state index contributed by atoms with van der Waals surface area (Å²) in [5.41, 5.74) is 2.73. The van der Waals surface area contributed by atoms with Gasteiger partial charge < -0.3 is 19.4 Å². The second-order valence-electron chi connectivity index (χ2n) is 9.85. The number of nitrogens with zero attached hydrogens (tertiary/aromatic N) is 5. The summed E-state index contributed by atoms with van der Waals surface area (Å²) >= 11 is 0. The first-order valence-corrected chi connectivity index (χ1v) is 13.3. The molecule has 0 N–H and O–H groups in total. The van der Waals surface area contributed by atoms with Crippen molar-refractivity contribution in [3.8, 4) is 0 Å². The molecular formula is C29H33N5O4. The normalized spacial score (nSPS) is 16.5. The fourth-order valence-corrected chi connectivity index (χ4v) is 5.26. The van der Waals surface area contributed by atoms with Crippen LogP contribution in [0.2, 0.25) is 0 Å². The molecule has 4 heterocycles. The van der Waals surface area contributed by atoms with E-state index in [-0.39, 0.29) is 23.8 Å². The summed E-state index contributed by atoms with van der Waals surface area (Å²) in [5, 5.41) is 2.00. The minimum Gasteiger partial charge on any atom is -0.450 e. The molecule has 2 aliphatic rings. The van der Waals surface area contributed by atoms with Crippen LogP contribution in [0.3, 0.4) is 0 Å². The first-order valence-electron chi connectivity index (χ1n) is 13.3. The minimum atomic E-state index is -0.336. The van der Waals surface area contributed by atoms with Gasteiger partial charge in [0, 0.05) is 62.5 Å². The van der Waals surface area contributed by atoms with Gasteiger partial charge in [0.25, 0.3) is 11.8 Å². The molecule has 1 aromatic carbocycles. The highest BCUT2D eigenvalue weighted by molar-refractivity contribution is 5.97. The number of aryl methyl sites for hydroxylation is 1. The number of carbonyl (C=O) groups is 3. The predicted octanol–water partition coefficient (Wildman–Crippen LogP) is 3.87. The number of benzene rings is 1. The van der Waals surface area contributed by atoms with E-state index in [9.17, 15) is 14.4 Å². The summed E-state index contributed by atoms with van der Waals surface area (Å²) in [6.45, 7) is 7.01. The molecule has 0 saturated carbocycles. The van der Waals surface area contributed by atoms with Crippen molar-refractivity contribution in [1.82, 2.24) is 24.7 Å². The molecule has 2 aliphatic heterocycles. The van der Waals surface area contributed by atoms with E-state index in [0.29, 0.717) is 57.1 Å². The SMILES string of the molecule is CCOC(=O)N1CCN(C(=O)c2ccc(C)nc2C2CCN(C(=O)c3cc4ccccc4cn3)CC2)CC1. The van der Waals surface area contributed by atoms with Gasteiger partial charge in [0.1, 0.15) is 5.69 Å². The lowest BCUT2D eigenvalue weighted by atomic mass is 9.89. The molecule has 2 fully saturated rings. The topological polar surface area (TPSA) is 95.9 Å². The highest BCUT2D eigenvalue weighted by Gasteiger charge is 2.31. The van der Waals surface area contributed by atoms with Gasteiger partial charge >= 0.3 is 6.09 Å². The molecule has 0 bridgehead atoms. The Morgan fingerprint density at radius 3 is 2.24 bits per heavy atom. The Balaban J connectivity index is 1.25. The largest absolute Gasteiger partial charge is 0.450 e. The molecule has 2 saturated heterocycles. The molecular weight excluding hydrogens is 482 g/mol. The fourth-order valence-electron chi connectivity index (χ4n) is 5.26. The molecule has 0 spiro atoms. The highest BCUT2D eigenvalue weighted by atomic mass is 16.6. The Morgan fingerprint density at radius 2 is 1.53 bits per heavy atom. The van der Waals surface area contributed by atoms with Gasteiger partial charge in [-0.15, -0.1) is 0 Å². The minimum absolute atomic E-state index is 0.0603. The van der Waals surface area contributed by atoms with E-state index < -0.39 is 0 Å². The van der Waals surface area contributed by atoms with Crippen LogP contribution in [-0.2, 0) is 4.74 Å². The number of hydrogen-bond donors (Lipinski definition) is 0. The molecule has 0 atom stereocenters. The number of hydrogen-bond acceptors (Lipinski definition) is 6. The third-order valence-corrected chi connectivity index (χ3v) is 7.41. The van der Waals surface area contributed by atoms with Crippen LogP contribution >= 0.6 is 0 Å². The zero-order chi connectivity index (χ0) is 26.6. The number of fused-ring (bicyclic) bond motifs is 1. The van der Waals surface area contributed by atoms with Gasteiger partial charge in [0.05, 0.1) is 17.9 Å². The van der Waals surface area contributed by atoms with Crippen LogP contribution in [0.4, 0.5) is 4.79 Å². The summed E-state index contributed by atoms with van der Waals surface area (Å²) in [4.78, 5) is 53.2. The Labute approximate surface area is 222 Å². The van der Waals surface area contributed by atoms with E-state index in [0.717, 1.165) is 35.0 Å². The lowest BCUT2D eigenvalue weighted by Gasteiger charge is -2.35. The number of pyridine rings is 2. The average molecular weight is 516 g/mol. The maximum atomic E-state index is 13.5. The van der Waals surface area contributed by atoms with Crippen molar-refractivity contribution in [1.29, 1.82) is 0 Å². The molecule has 0 aliphatic carbocycles. The van der Waals surface area contributed by atoms with Gasteiger partial charge in [-0.05, 0) is 50.3 Å². The van der Waals surface area contributed by atoms with E-state index in [1.807, 2.05) is 54.3 Å². The van der Waals surface area contributed by atoms with E-state index in [2.05, 4.69) is 4.98 Å². The maximum Gasteiger partial charge on any atom is 0.409 e. The van der Waals surface area contributed by atoms with Crippen LogP contribution in [0.25, 0.3) is 10.8 Å². The molecule has 198 valence electrons. The quantitative estimate of drug-likeness (QED) is 0.523. The zero-order valence-corrected chi connectivity index (χ0v) is 21.9. The van der Waals surface area contributed by atoms with Gasteiger partial charge in [-0.25, -0.2) is 4.79 Å². The summed E-state index contributed by atoms with van der Waals surface area (Å²) < 4.78 is 5.09. The van der Waals surface area contributed by atoms with Crippen LogP contribution in [0, 0.1) is 6.92 Å². The molecule has 38 heavy (non-hydrogen) atoms. The summed E-state index contributed by atoms with van der Waals surface area (Å²) in [7, 11) is 0. The van der Waals surface area contributed by atoms with Crippen LogP contribution in [0.15, 0.2) is 48.7 Å². The van der Waals surface area contributed by atoms with Gasteiger partial charge in [0.15, 0.2) is 0 Å². The van der Waals surface area contributed by atoms with Crippen LogP contribution < -0.4 is 0 Å². The zero-order valence-electron chi connectivity index (χ0n) is 21.9. The fraction of sp³-hybridized carbons (Fsp3) is 0.414. The van der Waals surface area contributed by atoms with E-state index >= 15 is 0 Å². The Bertz CT molecular complexity index is 1340. The molecule has 2 aromatic heterocycles. The summed E-state index contributed by atoms with van der Waals surface area (Å²) in [6.07, 6.45) is 2.87. The molecule has 9 heteroatoms. The summed E-state index contributed by atoms with van der Waals surface area (Å²) in [5.74, 6) is -0.0414. The number of piperazine rings is 1. The first-order chi connectivity index (χ1) is 18.4. The molecule has 3 amide bonds. The summed E-state index contributed by atoms with van der Waals surface area (Å²) in [6, 6.07) is 13.5. The average Bonchev–Trinajstić information content (AvgIpc) is 2.96. The lowest BCUT2D eigenvalue weighted by Crippen LogP contribution is -2.51. The number of aromatic nitrogens is 2. The smallest absolute Gasteiger partial charge is 0.409 e. The van der Waals surface area contributed by atoms with Gasteiger partial charge in [-0.3, -0.25) is 19.6 Å². The number of amides is 3. The van der Waals surface area contributed by atoms with Crippen molar-refractivity contribution in [3.63, 3.8) is 0 Å². The lowest BCUT2D eigenvalue weighted by molar-refractivity contribution is 0.0567. The van der Waals surface area contributed by atoms with Crippen molar-refractivity contribution in [3.05, 3.63) is 71.3 Å². The molecule has 5 rings (SSSR count). The number of ether oxygens (including phenoxy) is 1. The second-order valence-corrected chi connectivity index (χ2v) is 9.85. The number of piperidine rings is 1. The van der Waals surface area contributed by atoms with E-state index in [4.69, 9.17) is 9.72 Å². The van der Waals surface area contributed by atoms with Crippen molar-refractivity contribution in [2.24, 2.45) is 0 Å². The van der Waals surface area contributed by atoms with Crippen LogP contribution in [0.1, 0.15) is 57.9 Å². The maximum absolute atomic E-state index is 13.5. The monoisotopic (exact) mass is 515 g/mol. The first kappa shape index (κ1) is 25.6. The van der Waals surface area contributed by atoms with Crippen molar-refractivity contribution in [2.75, 3.05) is 45.9 Å². The predicted molar refractivity (Wildman–Crippen MR) is 143 cm³/mol. The number of carbonyl (C=O) groups excluding carboxylic acids is 3. The van der Waals surface area contributed by atoms with E-state index in [1.54, 1.807) is 22.9 Å². The van der Waals surface area contributed by atoms with Crippen molar-refractivity contribution < 1.29 is 19.1 Å².